The first-order valence-corrected chi connectivity index (χ1v) is 9.99. The number of halogens is 7. The van der Waals surface area contributed by atoms with E-state index in [2.05, 4.69) is 14.4 Å². The Labute approximate surface area is 170 Å². The molecule has 0 spiro atoms. The number of aromatic nitrogens is 1. The summed E-state index contributed by atoms with van der Waals surface area (Å²) >= 11 is 0. The maximum absolute atomic E-state index is 14.3. The lowest BCUT2D eigenvalue weighted by Gasteiger charge is -2.11. The molecule has 13 heteroatoms. The Morgan fingerprint density at radius 1 is 0.968 bits per heavy atom. The van der Waals surface area contributed by atoms with Gasteiger partial charge in [0.2, 0.25) is 5.76 Å². The van der Waals surface area contributed by atoms with Crippen molar-refractivity contribution in [2.75, 3.05) is 6.26 Å². The van der Waals surface area contributed by atoms with E-state index in [1.165, 1.54) is 0 Å². The van der Waals surface area contributed by atoms with Crippen LogP contribution in [0.25, 0.3) is 22.4 Å². The lowest BCUT2D eigenvalue weighted by atomic mass is 9.98. The zero-order valence-corrected chi connectivity index (χ0v) is 16.0. The molecule has 0 atom stereocenters. The second-order valence-electron chi connectivity index (χ2n) is 6.23. The van der Waals surface area contributed by atoms with E-state index in [9.17, 15) is 39.2 Å². The number of sulfone groups is 1. The van der Waals surface area contributed by atoms with Crippen LogP contribution in [0.2, 0.25) is 0 Å². The van der Waals surface area contributed by atoms with Gasteiger partial charge in [0, 0.05) is 11.8 Å². The van der Waals surface area contributed by atoms with Gasteiger partial charge >= 0.3 is 12.5 Å². The van der Waals surface area contributed by atoms with Crippen LogP contribution < -0.4 is 4.74 Å². The number of hydrogen-bond acceptors (Lipinski definition) is 5. The monoisotopic (exact) mass is 469 g/mol. The summed E-state index contributed by atoms with van der Waals surface area (Å²) in [5.41, 5.74) is -2.03. The maximum atomic E-state index is 14.3. The highest BCUT2D eigenvalue weighted by Crippen LogP contribution is 2.43. The molecule has 0 unspecified atom stereocenters. The molecule has 31 heavy (non-hydrogen) atoms. The number of hydrogen-bond donors (Lipinski definition) is 0. The van der Waals surface area contributed by atoms with Crippen LogP contribution in [0.15, 0.2) is 51.9 Å². The fraction of sp³-hybridized carbons (Fsp3) is 0.167. The molecule has 0 aliphatic heterocycles. The fourth-order valence-corrected chi connectivity index (χ4v) is 3.47. The predicted octanol–water partition coefficient (Wildman–Crippen LogP) is 5.47. The average Bonchev–Trinajstić information content (AvgIpc) is 3.04. The van der Waals surface area contributed by atoms with Crippen LogP contribution in [-0.2, 0) is 16.0 Å². The molecule has 0 aliphatic rings. The topological polar surface area (TPSA) is 69.4 Å². The number of benzene rings is 2. The SMILES string of the molecule is CS(=O)(=O)c1ccc(-c2c(-c3cccc(OC(F)(F)F)c3)noc2C(F)(F)F)cc1F. The van der Waals surface area contributed by atoms with Gasteiger partial charge in [-0.15, -0.1) is 13.2 Å². The number of alkyl halides is 6. The van der Waals surface area contributed by atoms with E-state index in [-0.39, 0.29) is 5.56 Å². The van der Waals surface area contributed by atoms with E-state index in [1.807, 2.05) is 0 Å². The van der Waals surface area contributed by atoms with E-state index in [0.29, 0.717) is 12.3 Å². The molecule has 5 nitrogen and oxygen atoms in total. The summed E-state index contributed by atoms with van der Waals surface area (Å²) in [5.74, 6) is -3.70. The van der Waals surface area contributed by atoms with Crippen molar-refractivity contribution >= 4 is 9.84 Å². The number of rotatable bonds is 4. The summed E-state index contributed by atoms with van der Waals surface area (Å²) in [6, 6.07) is 6.12. The normalized spacial score (nSPS) is 12.8. The number of nitrogens with zero attached hydrogens (tertiary/aromatic N) is 1. The van der Waals surface area contributed by atoms with Crippen LogP contribution in [-0.4, -0.2) is 26.2 Å². The van der Waals surface area contributed by atoms with Crippen molar-refractivity contribution in [3.8, 4) is 28.1 Å². The fourth-order valence-electron chi connectivity index (χ4n) is 2.75. The predicted molar refractivity (Wildman–Crippen MR) is 92.1 cm³/mol. The highest BCUT2D eigenvalue weighted by atomic mass is 32.2. The van der Waals surface area contributed by atoms with E-state index < -0.39 is 61.4 Å². The van der Waals surface area contributed by atoms with Gasteiger partial charge in [-0.2, -0.15) is 13.2 Å². The van der Waals surface area contributed by atoms with Crippen molar-refractivity contribution in [3.63, 3.8) is 0 Å². The van der Waals surface area contributed by atoms with E-state index in [4.69, 9.17) is 0 Å². The van der Waals surface area contributed by atoms with Gasteiger partial charge in [0.15, 0.2) is 9.84 Å². The van der Waals surface area contributed by atoms with Crippen molar-refractivity contribution < 1.29 is 48.4 Å². The van der Waals surface area contributed by atoms with Crippen LogP contribution in [0, 0.1) is 5.82 Å². The molecule has 0 aliphatic carbocycles. The molecule has 3 rings (SSSR count). The lowest BCUT2D eigenvalue weighted by Crippen LogP contribution is -2.17. The molecule has 1 heterocycles. The Balaban J connectivity index is 2.21. The van der Waals surface area contributed by atoms with Gasteiger partial charge in [-0.05, 0) is 29.8 Å². The zero-order chi connectivity index (χ0) is 23.2. The van der Waals surface area contributed by atoms with E-state index in [1.54, 1.807) is 0 Å². The van der Waals surface area contributed by atoms with Gasteiger partial charge in [-0.3, -0.25) is 0 Å². The largest absolute Gasteiger partial charge is 0.573 e. The third-order valence-electron chi connectivity index (χ3n) is 3.91. The standard InChI is InChI=1S/C18H10F7NO4S/c1-31(27,28)13-6-5-9(8-12(13)19)14-15(26-30-16(14)17(20,21)22)10-3-2-4-11(7-10)29-18(23,24)25/h2-8H,1H3. The molecule has 0 saturated carbocycles. The van der Waals surface area contributed by atoms with Gasteiger partial charge in [-0.1, -0.05) is 23.4 Å². The highest BCUT2D eigenvalue weighted by Gasteiger charge is 2.41. The summed E-state index contributed by atoms with van der Waals surface area (Å²) in [6.45, 7) is 0. The van der Waals surface area contributed by atoms with Gasteiger partial charge in [0.1, 0.15) is 22.2 Å². The quantitative estimate of drug-likeness (QED) is 0.474. The Hall–Kier alpha value is -3.09. The highest BCUT2D eigenvalue weighted by molar-refractivity contribution is 7.90. The zero-order valence-electron chi connectivity index (χ0n) is 15.2. The second kappa shape index (κ2) is 7.55. The Bertz CT molecular complexity index is 1230. The van der Waals surface area contributed by atoms with Crippen LogP contribution in [0.5, 0.6) is 5.75 Å². The summed E-state index contributed by atoms with van der Waals surface area (Å²) in [7, 11) is -4.00. The minimum atomic E-state index is -5.09. The Kier molecular flexibility index (Phi) is 5.50. The molecule has 3 aromatic rings. The van der Waals surface area contributed by atoms with Crippen molar-refractivity contribution in [2.45, 2.75) is 17.4 Å². The first-order chi connectivity index (χ1) is 14.2. The maximum Gasteiger partial charge on any atom is 0.573 e. The molecule has 0 fully saturated rings. The van der Waals surface area contributed by atoms with Gasteiger partial charge in [0.05, 0.1) is 5.56 Å². The van der Waals surface area contributed by atoms with Gasteiger partial charge in [0.25, 0.3) is 0 Å². The second-order valence-corrected chi connectivity index (χ2v) is 8.21. The third kappa shape index (κ3) is 4.98. The molecule has 166 valence electrons. The van der Waals surface area contributed by atoms with Crippen molar-refractivity contribution in [2.24, 2.45) is 0 Å². The van der Waals surface area contributed by atoms with Crippen molar-refractivity contribution in [1.29, 1.82) is 0 Å². The first-order valence-electron chi connectivity index (χ1n) is 8.10. The Morgan fingerprint density at radius 2 is 1.65 bits per heavy atom. The molecule has 0 amide bonds. The van der Waals surface area contributed by atoms with Crippen LogP contribution in [0.3, 0.4) is 0 Å². The van der Waals surface area contributed by atoms with Crippen molar-refractivity contribution in [1.82, 2.24) is 5.16 Å². The third-order valence-corrected chi connectivity index (χ3v) is 5.04. The number of ether oxygens (including phenoxy) is 1. The summed E-state index contributed by atoms with van der Waals surface area (Å²) in [4.78, 5) is -0.747. The molecule has 0 bridgehead atoms. The molecular formula is C18H10F7NO4S. The van der Waals surface area contributed by atoms with E-state index in [0.717, 1.165) is 36.4 Å². The summed E-state index contributed by atoms with van der Waals surface area (Å²) < 4.78 is 123. The molecule has 1 aromatic heterocycles. The molecule has 0 radical (unpaired) electrons. The molecule has 0 N–H and O–H groups in total. The van der Waals surface area contributed by atoms with Crippen LogP contribution in [0.4, 0.5) is 30.7 Å². The molecule has 2 aromatic carbocycles. The van der Waals surface area contributed by atoms with Crippen molar-refractivity contribution in [3.05, 3.63) is 54.0 Å². The average molecular weight is 469 g/mol. The summed E-state index contributed by atoms with van der Waals surface area (Å²) in [6.07, 6.45) is -9.43. The molecular weight excluding hydrogens is 459 g/mol. The van der Waals surface area contributed by atoms with Gasteiger partial charge in [-0.25, -0.2) is 12.8 Å². The summed E-state index contributed by atoms with van der Waals surface area (Å²) in [5, 5.41) is 3.30. The minimum absolute atomic E-state index is 0.247. The van der Waals surface area contributed by atoms with Crippen LogP contribution in [0.1, 0.15) is 5.76 Å². The van der Waals surface area contributed by atoms with E-state index >= 15 is 0 Å². The first kappa shape index (κ1) is 22.6. The molecule has 0 saturated heterocycles. The van der Waals surface area contributed by atoms with Crippen LogP contribution >= 0.6 is 0 Å². The smallest absolute Gasteiger partial charge is 0.406 e. The Morgan fingerprint density at radius 3 is 2.19 bits per heavy atom. The minimum Gasteiger partial charge on any atom is -0.406 e. The van der Waals surface area contributed by atoms with Gasteiger partial charge < -0.3 is 9.26 Å². The lowest BCUT2D eigenvalue weighted by molar-refractivity contribution is -0.274.